The summed E-state index contributed by atoms with van der Waals surface area (Å²) in [6, 6.07) is 3.57. The van der Waals surface area contributed by atoms with Crippen LogP contribution in [0.25, 0.3) is 11.6 Å². The van der Waals surface area contributed by atoms with Gasteiger partial charge in [0.1, 0.15) is 0 Å². The first-order valence-electron chi connectivity index (χ1n) is 8.51. The van der Waals surface area contributed by atoms with Gasteiger partial charge < -0.3 is 14.1 Å². The van der Waals surface area contributed by atoms with Crippen LogP contribution >= 0.6 is 0 Å². The van der Waals surface area contributed by atoms with Crippen LogP contribution in [0.1, 0.15) is 22.5 Å². The van der Waals surface area contributed by atoms with Crippen LogP contribution in [-0.4, -0.2) is 38.3 Å². The molecule has 0 fully saturated rings. The molecule has 8 nitrogen and oxygen atoms in total. The summed E-state index contributed by atoms with van der Waals surface area (Å²) in [7, 11) is 3.52. The molecule has 0 amide bonds. The van der Waals surface area contributed by atoms with Gasteiger partial charge in [-0.3, -0.25) is 9.69 Å². The molecule has 0 saturated carbocycles. The number of rotatable bonds is 4. The summed E-state index contributed by atoms with van der Waals surface area (Å²) in [5, 5.41) is 4.42. The van der Waals surface area contributed by atoms with E-state index in [-0.39, 0.29) is 5.56 Å². The Bertz CT molecular complexity index is 987. The van der Waals surface area contributed by atoms with Gasteiger partial charge >= 0.3 is 0 Å². The molecular formula is C18H21N5O3. The monoisotopic (exact) mass is 355 g/mol. The highest BCUT2D eigenvalue weighted by Crippen LogP contribution is 2.25. The van der Waals surface area contributed by atoms with Gasteiger partial charge in [0.05, 0.1) is 35.9 Å². The van der Waals surface area contributed by atoms with Crippen molar-refractivity contribution < 1.29 is 9.15 Å². The Morgan fingerprint density at radius 3 is 3.00 bits per heavy atom. The van der Waals surface area contributed by atoms with Crippen molar-refractivity contribution in [3.8, 4) is 17.5 Å². The lowest BCUT2D eigenvalue weighted by Crippen LogP contribution is -2.35. The predicted molar refractivity (Wildman–Crippen MR) is 94.9 cm³/mol. The summed E-state index contributed by atoms with van der Waals surface area (Å²) in [5.74, 6) is 1.81. The Hall–Kier alpha value is -2.87. The third-order valence-corrected chi connectivity index (χ3v) is 4.77. The Kier molecular flexibility index (Phi) is 4.12. The first kappa shape index (κ1) is 16.6. The van der Waals surface area contributed by atoms with Crippen LogP contribution in [0.5, 0.6) is 5.88 Å². The number of H-pyrrole nitrogens is 1. The molecule has 0 atom stereocenters. The van der Waals surface area contributed by atoms with Crippen LogP contribution in [0, 0.1) is 6.92 Å². The molecule has 26 heavy (non-hydrogen) atoms. The van der Waals surface area contributed by atoms with Crippen molar-refractivity contribution in [2.75, 3.05) is 13.7 Å². The molecule has 0 aliphatic carbocycles. The minimum atomic E-state index is -0.110. The number of hydrogen-bond acceptors (Lipinski definition) is 6. The number of furan rings is 1. The normalized spacial score (nSPS) is 14.4. The maximum atomic E-state index is 12.6. The van der Waals surface area contributed by atoms with Gasteiger partial charge in [-0.2, -0.15) is 5.10 Å². The molecule has 0 unspecified atom stereocenters. The van der Waals surface area contributed by atoms with E-state index in [1.165, 1.54) is 0 Å². The maximum Gasteiger partial charge on any atom is 0.256 e. The van der Waals surface area contributed by atoms with Crippen molar-refractivity contribution in [3.63, 3.8) is 0 Å². The van der Waals surface area contributed by atoms with Crippen molar-refractivity contribution >= 4 is 0 Å². The molecule has 0 spiro atoms. The topological polar surface area (TPSA) is 89.2 Å². The molecule has 1 N–H and O–H groups in total. The van der Waals surface area contributed by atoms with Crippen LogP contribution in [0.2, 0.25) is 0 Å². The number of aromatic amines is 1. The van der Waals surface area contributed by atoms with Gasteiger partial charge in [0.25, 0.3) is 5.56 Å². The molecule has 0 radical (unpaired) electrons. The number of methoxy groups -OCH3 is 1. The molecule has 0 saturated heterocycles. The van der Waals surface area contributed by atoms with E-state index in [0.717, 1.165) is 29.4 Å². The molecule has 8 heteroatoms. The van der Waals surface area contributed by atoms with E-state index in [1.54, 1.807) is 30.2 Å². The summed E-state index contributed by atoms with van der Waals surface area (Å²) in [5.41, 5.74) is 3.43. The first-order valence-corrected chi connectivity index (χ1v) is 8.51. The minimum absolute atomic E-state index is 0.110. The largest absolute Gasteiger partial charge is 0.481 e. The number of hydrogen-bond donors (Lipinski definition) is 1. The number of fused-ring (bicyclic) bond motifs is 1. The highest BCUT2D eigenvalue weighted by Gasteiger charge is 2.24. The highest BCUT2D eigenvalue weighted by atomic mass is 16.5. The predicted octanol–water partition coefficient (Wildman–Crippen LogP) is 1.64. The van der Waals surface area contributed by atoms with Gasteiger partial charge in [-0.25, -0.2) is 9.67 Å². The fourth-order valence-corrected chi connectivity index (χ4v) is 3.49. The van der Waals surface area contributed by atoms with Crippen molar-refractivity contribution in [1.29, 1.82) is 0 Å². The van der Waals surface area contributed by atoms with Crippen LogP contribution < -0.4 is 10.3 Å². The molecule has 3 aromatic heterocycles. The molecule has 4 rings (SSSR count). The number of aromatic nitrogens is 4. The lowest BCUT2D eigenvalue weighted by atomic mass is 10.1. The second kappa shape index (κ2) is 6.45. The molecule has 3 aromatic rings. The van der Waals surface area contributed by atoms with E-state index in [2.05, 4.69) is 20.0 Å². The molecule has 0 bridgehead atoms. The summed E-state index contributed by atoms with van der Waals surface area (Å²) in [4.78, 5) is 22.2. The van der Waals surface area contributed by atoms with E-state index < -0.39 is 0 Å². The van der Waals surface area contributed by atoms with E-state index >= 15 is 0 Å². The van der Waals surface area contributed by atoms with Crippen LogP contribution in [0.4, 0.5) is 0 Å². The smallest absolute Gasteiger partial charge is 0.256 e. The zero-order valence-corrected chi connectivity index (χ0v) is 15.1. The third kappa shape index (κ3) is 2.82. The second-order valence-corrected chi connectivity index (χ2v) is 6.47. The SMILES string of the molecule is COc1c(CN2CCc3nc(-c4ccco4)[nH]c(=O)c3C2)c(C)nn1C. The zero-order chi connectivity index (χ0) is 18.3. The van der Waals surface area contributed by atoms with Crippen molar-refractivity contribution in [2.24, 2.45) is 7.05 Å². The number of nitrogens with zero attached hydrogens (tertiary/aromatic N) is 4. The van der Waals surface area contributed by atoms with E-state index in [1.807, 2.05) is 14.0 Å². The Morgan fingerprint density at radius 1 is 1.42 bits per heavy atom. The molecule has 1 aliphatic rings. The summed E-state index contributed by atoms with van der Waals surface area (Å²) in [6.45, 7) is 4.02. The van der Waals surface area contributed by atoms with Crippen molar-refractivity contribution in [2.45, 2.75) is 26.4 Å². The molecule has 4 heterocycles. The molecule has 0 aromatic carbocycles. The minimum Gasteiger partial charge on any atom is -0.481 e. The van der Waals surface area contributed by atoms with Crippen LogP contribution in [-0.2, 0) is 26.6 Å². The fourth-order valence-electron chi connectivity index (χ4n) is 3.49. The molecule has 136 valence electrons. The van der Waals surface area contributed by atoms with Gasteiger partial charge in [0, 0.05) is 33.1 Å². The number of nitrogens with one attached hydrogen (secondary N) is 1. The quantitative estimate of drug-likeness (QED) is 0.765. The lowest BCUT2D eigenvalue weighted by Gasteiger charge is -2.27. The van der Waals surface area contributed by atoms with Gasteiger partial charge in [-0.15, -0.1) is 0 Å². The van der Waals surface area contributed by atoms with E-state index in [4.69, 9.17) is 9.15 Å². The molecule has 1 aliphatic heterocycles. The van der Waals surface area contributed by atoms with Crippen LogP contribution in [0.15, 0.2) is 27.6 Å². The Morgan fingerprint density at radius 2 is 2.27 bits per heavy atom. The van der Waals surface area contributed by atoms with Crippen LogP contribution in [0.3, 0.4) is 0 Å². The Labute approximate surface area is 150 Å². The van der Waals surface area contributed by atoms with Crippen molar-refractivity contribution in [3.05, 3.63) is 51.3 Å². The highest BCUT2D eigenvalue weighted by molar-refractivity contribution is 5.47. The maximum absolute atomic E-state index is 12.6. The van der Waals surface area contributed by atoms with Crippen molar-refractivity contribution in [1.82, 2.24) is 24.6 Å². The number of ether oxygens (including phenoxy) is 1. The summed E-state index contributed by atoms with van der Waals surface area (Å²) in [6.07, 6.45) is 2.29. The number of aryl methyl sites for hydroxylation is 2. The second-order valence-electron chi connectivity index (χ2n) is 6.47. The summed E-state index contributed by atoms with van der Waals surface area (Å²) < 4.78 is 12.6. The van der Waals surface area contributed by atoms with Gasteiger partial charge in [0.2, 0.25) is 5.88 Å². The van der Waals surface area contributed by atoms with Gasteiger partial charge in [0.15, 0.2) is 11.6 Å². The fraction of sp³-hybridized carbons (Fsp3) is 0.389. The molecular weight excluding hydrogens is 334 g/mol. The summed E-state index contributed by atoms with van der Waals surface area (Å²) >= 11 is 0. The Balaban J connectivity index is 1.60. The lowest BCUT2D eigenvalue weighted by molar-refractivity contribution is 0.237. The van der Waals surface area contributed by atoms with E-state index in [9.17, 15) is 4.79 Å². The average molecular weight is 355 g/mol. The standard InChI is InChI=1S/C18H21N5O3/c1-11-12(18(25-3)22(2)21-11)9-23-7-6-14-13(10-23)17(24)20-16(19-14)15-5-4-8-26-15/h4-5,8H,6-7,9-10H2,1-3H3,(H,19,20,24). The van der Waals surface area contributed by atoms with Gasteiger partial charge in [-0.05, 0) is 19.1 Å². The third-order valence-electron chi connectivity index (χ3n) is 4.77. The van der Waals surface area contributed by atoms with Gasteiger partial charge in [-0.1, -0.05) is 0 Å². The first-order chi connectivity index (χ1) is 12.6. The van der Waals surface area contributed by atoms with E-state index in [0.29, 0.717) is 36.7 Å². The zero-order valence-electron chi connectivity index (χ0n) is 15.1. The average Bonchev–Trinajstić information content (AvgIpc) is 3.24.